The lowest BCUT2D eigenvalue weighted by atomic mass is 10.0. The highest BCUT2D eigenvalue weighted by atomic mass is 16.3. The number of hydrogen-bond donors (Lipinski definition) is 3. The van der Waals surface area contributed by atoms with Crippen LogP contribution in [-0.2, 0) is 0 Å². The van der Waals surface area contributed by atoms with Gasteiger partial charge in [-0.15, -0.1) is 0 Å². The molecule has 6 aromatic rings. The number of benzene rings is 2. The van der Waals surface area contributed by atoms with Gasteiger partial charge in [-0.25, -0.2) is 14.5 Å². The average Bonchev–Trinajstić information content (AvgIpc) is 3.50. The van der Waals surface area contributed by atoms with E-state index in [-0.39, 0.29) is 11.3 Å². The Hall–Kier alpha value is -4.92. The van der Waals surface area contributed by atoms with Crippen LogP contribution in [0.25, 0.3) is 33.4 Å². The van der Waals surface area contributed by atoms with Gasteiger partial charge in [-0.1, -0.05) is 29.8 Å². The van der Waals surface area contributed by atoms with Crippen LogP contribution in [0.2, 0.25) is 0 Å². The number of rotatable bonds is 5. The van der Waals surface area contributed by atoms with Crippen molar-refractivity contribution in [2.45, 2.75) is 26.8 Å². The van der Waals surface area contributed by atoms with Crippen LogP contribution in [0, 0.1) is 13.8 Å². The molecule has 1 unspecified atom stereocenters. The van der Waals surface area contributed by atoms with Crippen LogP contribution in [0.5, 0.6) is 5.75 Å². The zero-order valence-electron chi connectivity index (χ0n) is 20.6. The van der Waals surface area contributed by atoms with Crippen LogP contribution in [0.4, 0.5) is 5.82 Å². The summed E-state index contributed by atoms with van der Waals surface area (Å²) in [6.45, 7) is 5.82. The number of nitrogens with one attached hydrogen (secondary N) is 2. The molecule has 0 bridgehead atoms. The van der Waals surface area contributed by atoms with Crippen LogP contribution in [0.15, 0.2) is 78.1 Å². The molecule has 184 valence electrons. The molecule has 9 nitrogen and oxygen atoms in total. The number of H-pyrrole nitrogens is 1. The minimum Gasteiger partial charge on any atom is -0.507 e. The average molecular weight is 492 g/mol. The topological polar surface area (TPSA) is 113 Å². The number of aromatic amines is 1. The van der Waals surface area contributed by atoms with Crippen molar-refractivity contribution in [3.63, 3.8) is 0 Å². The Kier molecular flexibility index (Phi) is 5.26. The van der Waals surface area contributed by atoms with Gasteiger partial charge in [-0.3, -0.25) is 9.36 Å². The number of para-hydroxylation sites is 1. The molecule has 0 spiro atoms. The summed E-state index contributed by atoms with van der Waals surface area (Å²) in [5.41, 5.74) is 5.09. The second-order valence-electron chi connectivity index (χ2n) is 9.16. The lowest BCUT2D eigenvalue weighted by Crippen LogP contribution is -2.29. The van der Waals surface area contributed by atoms with Gasteiger partial charge in [0.2, 0.25) is 0 Å². The van der Waals surface area contributed by atoms with Gasteiger partial charge < -0.3 is 15.4 Å². The van der Waals surface area contributed by atoms with Crippen LogP contribution < -0.4 is 10.9 Å². The first-order valence-corrected chi connectivity index (χ1v) is 12.0. The molecular formula is C28H25N7O2. The van der Waals surface area contributed by atoms with Crippen molar-refractivity contribution in [1.29, 1.82) is 0 Å². The van der Waals surface area contributed by atoms with Crippen molar-refractivity contribution in [1.82, 2.24) is 29.1 Å². The first-order valence-electron chi connectivity index (χ1n) is 12.0. The first-order chi connectivity index (χ1) is 17.9. The summed E-state index contributed by atoms with van der Waals surface area (Å²) in [6.07, 6.45) is 5.09. The zero-order chi connectivity index (χ0) is 25.7. The highest BCUT2D eigenvalue weighted by Gasteiger charge is 2.22. The van der Waals surface area contributed by atoms with Crippen LogP contribution in [-0.4, -0.2) is 34.2 Å². The fourth-order valence-corrected chi connectivity index (χ4v) is 4.76. The molecule has 4 heterocycles. The quantitative estimate of drug-likeness (QED) is 0.316. The number of hydrogen-bond acceptors (Lipinski definition) is 6. The van der Waals surface area contributed by atoms with Crippen molar-refractivity contribution in [3.05, 3.63) is 101 Å². The van der Waals surface area contributed by atoms with E-state index in [1.165, 1.54) is 6.33 Å². The third kappa shape index (κ3) is 3.72. The van der Waals surface area contributed by atoms with Gasteiger partial charge in [-0.05, 0) is 56.7 Å². The van der Waals surface area contributed by atoms with Gasteiger partial charge in [0.1, 0.15) is 29.1 Å². The molecule has 0 aliphatic carbocycles. The molecule has 1 atom stereocenters. The third-order valence-corrected chi connectivity index (χ3v) is 6.58. The summed E-state index contributed by atoms with van der Waals surface area (Å²) in [7, 11) is 0. The van der Waals surface area contributed by atoms with Crippen molar-refractivity contribution in [2.24, 2.45) is 0 Å². The molecule has 0 saturated carbocycles. The predicted molar refractivity (Wildman–Crippen MR) is 143 cm³/mol. The molecule has 9 heteroatoms. The smallest absolute Gasteiger partial charge is 0.282 e. The van der Waals surface area contributed by atoms with Crippen LogP contribution >= 0.6 is 0 Å². The minimum absolute atomic E-state index is 0.146. The van der Waals surface area contributed by atoms with E-state index < -0.39 is 6.04 Å². The largest absolute Gasteiger partial charge is 0.507 e. The summed E-state index contributed by atoms with van der Waals surface area (Å²) in [4.78, 5) is 25.8. The van der Waals surface area contributed by atoms with Crippen molar-refractivity contribution in [2.75, 3.05) is 5.32 Å². The van der Waals surface area contributed by atoms with E-state index in [2.05, 4.69) is 20.3 Å². The standard InChI is InChI=1S/C28H25N7O2/c1-16-9-10-22(36)20(13-16)21-14-29-25-23(21)26(31-15-30-25)32-18(3)27-33-34-12-11-17(2)24(34)28(37)35(27)19-7-5-4-6-8-19/h4-15,18,36H,1-3H3,(H2,29,30,31,32). The van der Waals surface area contributed by atoms with E-state index >= 15 is 0 Å². The van der Waals surface area contributed by atoms with Crippen molar-refractivity contribution in [3.8, 4) is 22.6 Å². The van der Waals surface area contributed by atoms with E-state index in [9.17, 15) is 9.90 Å². The highest BCUT2D eigenvalue weighted by Crippen LogP contribution is 2.38. The number of phenolic OH excluding ortho intramolecular Hbond substituents is 1. The Bertz CT molecular complexity index is 1830. The van der Waals surface area contributed by atoms with Crippen LogP contribution in [0.3, 0.4) is 0 Å². The lowest BCUT2D eigenvalue weighted by molar-refractivity contribution is 0.477. The predicted octanol–water partition coefficient (Wildman–Crippen LogP) is 4.92. The maximum Gasteiger partial charge on any atom is 0.282 e. The molecule has 0 saturated heterocycles. The summed E-state index contributed by atoms with van der Waals surface area (Å²) in [5.74, 6) is 1.26. The van der Waals surface area contributed by atoms with Gasteiger partial charge in [0.05, 0.1) is 17.1 Å². The number of anilines is 1. The zero-order valence-corrected chi connectivity index (χ0v) is 20.6. The molecule has 6 rings (SSSR count). The summed E-state index contributed by atoms with van der Waals surface area (Å²) in [5, 5.41) is 19.6. The number of aromatic nitrogens is 6. The maximum absolute atomic E-state index is 13.7. The van der Waals surface area contributed by atoms with E-state index in [1.807, 2.05) is 75.5 Å². The second kappa shape index (κ2) is 8.63. The molecule has 0 fully saturated rings. The van der Waals surface area contributed by atoms with Gasteiger partial charge in [-0.2, -0.15) is 5.10 Å². The molecule has 0 amide bonds. The molecule has 37 heavy (non-hydrogen) atoms. The number of fused-ring (bicyclic) bond motifs is 2. The number of aromatic hydroxyl groups is 1. The Morgan fingerprint density at radius 2 is 1.84 bits per heavy atom. The van der Waals surface area contributed by atoms with Gasteiger partial charge in [0.15, 0.2) is 5.82 Å². The van der Waals surface area contributed by atoms with E-state index in [0.717, 1.165) is 27.8 Å². The van der Waals surface area contributed by atoms with Crippen LogP contribution in [0.1, 0.15) is 29.9 Å². The monoisotopic (exact) mass is 491 g/mol. The lowest BCUT2D eigenvalue weighted by Gasteiger charge is -2.20. The van der Waals surface area contributed by atoms with Crippen molar-refractivity contribution >= 4 is 22.4 Å². The number of aryl methyl sites for hydroxylation is 2. The molecule has 0 aliphatic rings. The van der Waals surface area contributed by atoms with E-state index in [4.69, 9.17) is 5.10 Å². The highest BCUT2D eigenvalue weighted by molar-refractivity contribution is 6.02. The maximum atomic E-state index is 13.7. The normalized spacial score (nSPS) is 12.3. The van der Waals surface area contributed by atoms with Crippen molar-refractivity contribution < 1.29 is 5.11 Å². The SMILES string of the molecule is Cc1ccc(O)c(-c2c[nH]c3ncnc(NC(C)c4nn5ccc(C)c5c(=O)n4-c4ccccc4)c23)c1. The fourth-order valence-electron chi connectivity index (χ4n) is 4.76. The Morgan fingerprint density at radius 1 is 1.03 bits per heavy atom. The summed E-state index contributed by atoms with van der Waals surface area (Å²) >= 11 is 0. The fraction of sp³-hybridized carbons (Fsp3) is 0.143. The number of phenols is 1. The second-order valence-corrected chi connectivity index (χ2v) is 9.16. The molecule has 0 aliphatic heterocycles. The number of nitrogens with zero attached hydrogens (tertiary/aromatic N) is 5. The van der Waals surface area contributed by atoms with E-state index in [0.29, 0.717) is 28.4 Å². The minimum atomic E-state index is -0.410. The molecule has 2 aromatic carbocycles. The van der Waals surface area contributed by atoms with Gasteiger partial charge >= 0.3 is 0 Å². The molecule has 3 N–H and O–H groups in total. The Morgan fingerprint density at radius 3 is 2.65 bits per heavy atom. The Labute approximate surface area is 212 Å². The van der Waals surface area contributed by atoms with E-state index in [1.54, 1.807) is 21.3 Å². The first kappa shape index (κ1) is 22.5. The van der Waals surface area contributed by atoms with Gasteiger partial charge in [0, 0.05) is 23.5 Å². The summed E-state index contributed by atoms with van der Waals surface area (Å²) < 4.78 is 3.27. The molecule has 0 radical (unpaired) electrons. The molecular weight excluding hydrogens is 466 g/mol. The Balaban J connectivity index is 1.51. The summed E-state index contributed by atoms with van der Waals surface area (Å²) in [6, 6.07) is 16.4. The third-order valence-electron chi connectivity index (χ3n) is 6.58. The van der Waals surface area contributed by atoms with Gasteiger partial charge in [0.25, 0.3) is 5.56 Å². The molecule has 4 aromatic heterocycles.